The van der Waals surface area contributed by atoms with Crippen LogP contribution in [0.5, 0.6) is 5.75 Å². The van der Waals surface area contributed by atoms with E-state index in [2.05, 4.69) is 36.7 Å². The van der Waals surface area contributed by atoms with Gasteiger partial charge in [-0.1, -0.05) is 12.1 Å². The fourth-order valence-corrected chi connectivity index (χ4v) is 3.90. The zero-order chi connectivity index (χ0) is 25.2. The second kappa shape index (κ2) is 9.75. The van der Waals surface area contributed by atoms with Gasteiger partial charge in [-0.25, -0.2) is 9.59 Å². The molecule has 0 fully saturated rings. The number of carbonyl (C=O) groups is 2. The zero-order valence-corrected chi connectivity index (χ0v) is 20.9. The van der Waals surface area contributed by atoms with E-state index in [0.717, 1.165) is 27.6 Å². The largest absolute Gasteiger partial charge is 0.496 e. The summed E-state index contributed by atoms with van der Waals surface area (Å²) in [4.78, 5) is 23.8. The van der Waals surface area contributed by atoms with Crippen molar-refractivity contribution in [3.8, 4) is 5.75 Å². The number of hydrogen-bond acceptors (Lipinski definition) is 4. The molecular weight excluding hydrogens is 430 g/mol. The summed E-state index contributed by atoms with van der Waals surface area (Å²) in [6.45, 7) is 11.6. The van der Waals surface area contributed by atoms with Crippen LogP contribution < -0.4 is 4.74 Å². The molecule has 0 aliphatic rings. The molecule has 0 aliphatic heterocycles. The number of aromatic carboxylic acids is 1. The van der Waals surface area contributed by atoms with Gasteiger partial charge in [0.25, 0.3) is 0 Å². The summed E-state index contributed by atoms with van der Waals surface area (Å²) in [5.74, 6) is -0.781. The number of benzene rings is 2. The molecular formula is C28H33NO5. The first-order chi connectivity index (χ1) is 15.9. The average molecular weight is 464 g/mol. The summed E-state index contributed by atoms with van der Waals surface area (Å²) >= 11 is 0. The smallest absolute Gasteiger partial charge is 0.335 e. The Morgan fingerprint density at radius 3 is 2.38 bits per heavy atom. The van der Waals surface area contributed by atoms with E-state index in [4.69, 9.17) is 9.47 Å². The van der Waals surface area contributed by atoms with Crippen molar-refractivity contribution in [3.63, 3.8) is 0 Å². The third kappa shape index (κ3) is 5.68. The summed E-state index contributed by atoms with van der Waals surface area (Å²) in [5.41, 5.74) is 4.18. The lowest BCUT2D eigenvalue weighted by Crippen LogP contribution is -2.24. The van der Waals surface area contributed by atoms with Gasteiger partial charge in [0, 0.05) is 35.1 Å². The summed E-state index contributed by atoms with van der Waals surface area (Å²) in [6, 6.07) is 11.4. The lowest BCUT2D eigenvalue weighted by atomic mass is 10.0. The highest BCUT2D eigenvalue weighted by Gasteiger charge is 2.18. The predicted molar refractivity (Wildman–Crippen MR) is 135 cm³/mol. The first kappa shape index (κ1) is 25.1. The van der Waals surface area contributed by atoms with Crippen LogP contribution in [-0.4, -0.2) is 34.3 Å². The zero-order valence-electron chi connectivity index (χ0n) is 20.9. The molecule has 0 saturated carbocycles. The highest BCUT2D eigenvalue weighted by molar-refractivity contribution is 5.95. The Kier molecular flexibility index (Phi) is 7.20. The summed E-state index contributed by atoms with van der Waals surface area (Å²) in [5, 5.41) is 10.4. The fraction of sp³-hybridized carbons (Fsp3) is 0.357. The molecule has 6 heteroatoms. The minimum absolute atomic E-state index is 0.190. The van der Waals surface area contributed by atoms with E-state index in [1.165, 1.54) is 0 Å². The second-order valence-corrected chi connectivity index (χ2v) is 9.77. The molecule has 0 saturated heterocycles. The molecule has 0 aliphatic carbocycles. The molecule has 34 heavy (non-hydrogen) atoms. The Balaban J connectivity index is 2.05. The van der Waals surface area contributed by atoms with Crippen LogP contribution in [0.2, 0.25) is 0 Å². The predicted octanol–water partition coefficient (Wildman–Crippen LogP) is 6.26. The Morgan fingerprint density at radius 1 is 1.09 bits per heavy atom. The van der Waals surface area contributed by atoms with Crippen LogP contribution in [0.15, 0.2) is 48.2 Å². The van der Waals surface area contributed by atoms with E-state index >= 15 is 0 Å². The number of ether oxygens (including phenoxy) is 2. The van der Waals surface area contributed by atoms with Crippen LogP contribution in [0.4, 0.5) is 0 Å². The number of esters is 1. The number of methoxy groups -OCH3 is 1. The third-order valence-corrected chi connectivity index (χ3v) is 5.51. The topological polar surface area (TPSA) is 77.8 Å². The van der Waals surface area contributed by atoms with Gasteiger partial charge < -0.3 is 19.1 Å². The number of hydrogen-bond donors (Lipinski definition) is 1. The Labute approximate surface area is 200 Å². The maximum absolute atomic E-state index is 12.4. The van der Waals surface area contributed by atoms with Gasteiger partial charge in [-0.2, -0.15) is 0 Å². The quantitative estimate of drug-likeness (QED) is 0.330. The SMILES string of the molecule is COc1cc(C(=O)O)ccc1Cc1cn(C(C)C)c2ccc(C=C(C)C(=O)OC(C)(C)C)cc12. The number of carbonyl (C=O) groups excluding carboxylic acids is 1. The first-order valence-electron chi connectivity index (χ1n) is 11.3. The number of carboxylic acid groups (broad SMARTS) is 1. The molecule has 0 atom stereocenters. The molecule has 3 rings (SSSR count). The standard InChI is InChI=1S/C28H33NO5/c1-17(2)29-16-22(14-20-9-10-21(26(30)31)15-25(20)33-7)23-13-19(8-11-24(23)29)12-18(3)27(32)34-28(4,5)6/h8-13,15-17H,14H2,1-7H3,(H,30,31). The summed E-state index contributed by atoms with van der Waals surface area (Å²) in [7, 11) is 1.55. The van der Waals surface area contributed by atoms with Crippen LogP contribution in [0, 0.1) is 0 Å². The van der Waals surface area contributed by atoms with Crippen LogP contribution in [-0.2, 0) is 16.0 Å². The molecule has 6 nitrogen and oxygen atoms in total. The minimum Gasteiger partial charge on any atom is -0.496 e. The molecule has 1 aromatic heterocycles. The normalized spacial score (nSPS) is 12.3. The number of rotatable bonds is 7. The van der Waals surface area contributed by atoms with Gasteiger partial charge in [0.15, 0.2) is 0 Å². The van der Waals surface area contributed by atoms with E-state index in [0.29, 0.717) is 17.7 Å². The van der Waals surface area contributed by atoms with Crippen molar-refractivity contribution < 1.29 is 24.2 Å². The van der Waals surface area contributed by atoms with E-state index in [1.54, 1.807) is 32.2 Å². The van der Waals surface area contributed by atoms with Gasteiger partial charge in [0.1, 0.15) is 11.4 Å². The van der Waals surface area contributed by atoms with E-state index in [-0.39, 0.29) is 17.6 Å². The molecule has 0 bridgehead atoms. The molecule has 1 heterocycles. The van der Waals surface area contributed by atoms with Crippen LogP contribution in [0.3, 0.4) is 0 Å². The second-order valence-electron chi connectivity index (χ2n) is 9.77. The summed E-state index contributed by atoms with van der Waals surface area (Å²) in [6.07, 6.45) is 4.55. The lowest BCUT2D eigenvalue weighted by Gasteiger charge is -2.19. The molecule has 0 radical (unpaired) electrons. The minimum atomic E-state index is -0.988. The molecule has 1 N–H and O–H groups in total. The maximum Gasteiger partial charge on any atom is 0.335 e. The Bertz CT molecular complexity index is 1260. The van der Waals surface area contributed by atoms with Crippen molar-refractivity contribution in [2.45, 2.75) is 59.6 Å². The molecule has 2 aromatic carbocycles. The van der Waals surface area contributed by atoms with Gasteiger partial charge in [0.2, 0.25) is 0 Å². The van der Waals surface area contributed by atoms with Crippen molar-refractivity contribution in [2.75, 3.05) is 7.11 Å². The number of nitrogens with zero attached hydrogens (tertiary/aromatic N) is 1. The number of fused-ring (bicyclic) bond motifs is 1. The van der Waals surface area contributed by atoms with Gasteiger partial charge >= 0.3 is 11.9 Å². The van der Waals surface area contributed by atoms with Crippen LogP contribution in [0.1, 0.15) is 74.6 Å². The molecule has 0 unspecified atom stereocenters. The average Bonchev–Trinajstić information content (AvgIpc) is 3.10. The van der Waals surface area contributed by atoms with Crippen molar-refractivity contribution in [1.82, 2.24) is 4.57 Å². The van der Waals surface area contributed by atoms with Gasteiger partial charge in [0.05, 0.1) is 12.7 Å². The Hall–Kier alpha value is -3.54. The van der Waals surface area contributed by atoms with Gasteiger partial charge in [-0.15, -0.1) is 0 Å². The molecule has 0 spiro atoms. The Morgan fingerprint density at radius 2 is 1.79 bits per heavy atom. The van der Waals surface area contributed by atoms with Crippen LogP contribution >= 0.6 is 0 Å². The van der Waals surface area contributed by atoms with Crippen LogP contribution in [0.25, 0.3) is 17.0 Å². The van der Waals surface area contributed by atoms with Gasteiger partial charge in [-0.3, -0.25) is 0 Å². The molecule has 0 amide bonds. The van der Waals surface area contributed by atoms with E-state index < -0.39 is 11.6 Å². The van der Waals surface area contributed by atoms with Gasteiger partial charge in [-0.05, 0) is 88.6 Å². The van der Waals surface area contributed by atoms with Crippen molar-refractivity contribution in [2.24, 2.45) is 0 Å². The van der Waals surface area contributed by atoms with Crippen molar-refractivity contribution in [1.29, 1.82) is 0 Å². The lowest BCUT2D eigenvalue weighted by molar-refractivity contribution is -0.149. The molecule has 180 valence electrons. The highest BCUT2D eigenvalue weighted by Crippen LogP contribution is 2.31. The van der Waals surface area contributed by atoms with Crippen molar-refractivity contribution in [3.05, 3.63) is 70.4 Å². The number of aromatic nitrogens is 1. The van der Waals surface area contributed by atoms with E-state index in [9.17, 15) is 14.7 Å². The monoisotopic (exact) mass is 463 g/mol. The van der Waals surface area contributed by atoms with Crippen molar-refractivity contribution >= 4 is 28.9 Å². The highest BCUT2D eigenvalue weighted by atomic mass is 16.6. The first-order valence-corrected chi connectivity index (χ1v) is 11.3. The molecule has 3 aromatic rings. The summed E-state index contributed by atoms with van der Waals surface area (Å²) < 4.78 is 13.2. The number of carboxylic acids is 1. The fourth-order valence-electron chi connectivity index (χ4n) is 3.90. The third-order valence-electron chi connectivity index (χ3n) is 5.51. The maximum atomic E-state index is 12.4. The van der Waals surface area contributed by atoms with E-state index in [1.807, 2.05) is 32.9 Å².